The molecule has 1 unspecified atom stereocenters. The Hall–Kier alpha value is -2.95. The average Bonchev–Trinajstić information content (AvgIpc) is 3.32. The molecule has 39 heavy (non-hydrogen) atoms. The number of hydrogen-bond acceptors (Lipinski definition) is 8. The van der Waals surface area contributed by atoms with E-state index in [1.807, 2.05) is 50.2 Å². The highest BCUT2D eigenvalue weighted by molar-refractivity contribution is 9.10. The largest absolute Gasteiger partial charge is 0.490 e. The number of fused-ring (bicyclic) bond motifs is 1. The maximum Gasteiger partial charge on any atom is 0.338 e. The summed E-state index contributed by atoms with van der Waals surface area (Å²) in [4.78, 5) is 17.9. The number of benzene rings is 2. The number of nitrogens with zero attached hydrogens (tertiary/aromatic N) is 3. The number of carbonyl (C=O) groups excluding carboxylic acids is 1. The van der Waals surface area contributed by atoms with Crippen LogP contribution < -0.4 is 14.8 Å². The maximum atomic E-state index is 13.3. The lowest BCUT2D eigenvalue weighted by atomic mass is 9.95. The zero-order chi connectivity index (χ0) is 27.9. The van der Waals surface area contributed by atoms with Crippen molar-refractivity contribution < 1.29 is 19.0 Å². The number of ether oxygens (including phenoxy) is 3. The number of rotatable bonds is 12. The molecular formula is C28H30BrClN4O4S. The van der Waals surface area contributed by atoms with Gasteiger partial charge in [0.05, 0.1) is 16.7 Å². The Labute approximate surface area is 245 Å². The second kappa shape index (κ2) is 13.4. The van der Waals surface area contributed by atoms with Crippen LogP contribution in [0.3, 0.4) is 0 Å². The van der Waals surface area contributed by atoms with E-state index in [2.05, 4.69) is 39.7 Å². The van der Waals surface area contributed by atoms with Gasteiger partial charge in [0.1, 0.15) is 19.3 Å². The van der Waals surface area contributed by atoms with Crippen LogP contribution in [0.25, 0.3) is 0 Å². The first-order valence-corrected chi connectivity index (χ1v) is 14.7. The van der Waals surface area contributed by atoms with Crippen molar-refractivity contribution >= 4 is 51.2 Å². The van der Waals surface area contributed by atoms with Crippen LogP contribution >= 0.6 is 39.3 Å². The Morgan fingerprint density at radius 2 is 2.03 bits per heavy atom. The SMILES string of the molecule is C=CCOC(=O)C1=C(C)Nc2nc(SCCC)nn2C1c1cc(Br)c(OCc2ccc(Cl)cc2)c(OCC)c1. The Morgan fingerprint density at radius 3 is 2.72 bits per heavy atom. The number of nitrogens with one attached hydrogen (secondary N) is 1. The zero-order valence-electron chi connectivity index (χ0n) is 22.0. The average molecular weight is 634 g/mol. The van der Waals surface area contributed by atoms with Gasteiger partial charge in [-0.2, -0.15) is 4.98 Å². The summed E-state index contributed by atoms with van der Waals surface area (Å²) in [6.07, 6.45) is 2.53. The number of carbonyl (C=O) groups is 1. The summed E-state index contributed by atoms with van der Waals surface area (Å²) in [5, 5.41) is 9.27. The summed E-state index contributed by atoms with van der Waals surface area (Å²) in [6, 6.07) is 10.6. The molecule has 0 amide bonds. The lowest BCUT2D eigenvalue weighted by molar-refractivity contribution is -0.138. The summed E-state index contributed by atoms with van der Waals surface area (Å²) in [7, 11) is 0. The fourth-order valence-electron chi connectivity index (χ4n) is 4.06. The number of allylic oxidation sites excluding steroid dienone is 1. The second-order valence-electron chi connectivity index (χ2n) is 8.64. The van der Waals surface area contributed by atoms with E-state index < -0.39 is 12.0 Å². The molecule has 1 atom stereocenters. The van der Waals surface area contributed by atoms with Crippen LogP contribution in [0.15, 0.2) is 70.0 Å². The number of halogens is 2. The smallest absolute Gasteiger partial charge is 0.338 e. The molecule has 4 rings (SSSR count). The fourth-order valence-corrected chi connectivity index (χ4v) is 5.44. The Bertz CT molecular complexity index is 1380. The monoisotopic (exact) mass is 632 g/mol. The minimum atomic E-state index is -0.608. The third kappa shape index (κ3) is 6.80. The van der Waals surface area contributed by atoms with Gasteiger partial charge in [0, 0.05) is 16.5 Å². The van der Waals surface area contributed by atoms with Gasteiger partial charge in [-0.3, -0.25) is 0 Å². The number of anilines is 1. The molecule has 206 valence electrons. The molecule has 2 aromatic carbocycles. The van der Waals surface area contributed by atoms with E-state index in [4.69, 9.17) is 30.9 Å². The Kier molecular flexibility index (Phi) is 9.99. The highest BCUT2D eigenvalue weighted by Gasteiger charge is 2.36. The van der Waals surface area contributed by atoms with Gasteiger partial charge in [-0.1, -0.05) is 55.1 Å². The molecule has 0 fully saturated rings. The van der Waals surface area contributed by atoms with Gasteiger partial charge in [-0.25, -0.2) is 9.48 Å². The summed E-state index contributed by atoms with van der Waals surface area (Å²) in [5.74, 6) is 2.06. The molecular weight excluding hydrogens is 604 g/mol. The first kappa shape index (κ1) is 29.0. The van der Waals surface area contributed by atoms with Crippen molar-refractivity contribution in [3.05, 3.63) is 80.9 Å². The van der Waals surface area contributed by atoms with E-state index in [0.717, 1.165) is 23.3 Å². The van der Waals surface area contributed by atoms with Crippen molar-refractivity contribution in [3.8, 4) is 11.5 Å². The van der Waals surface area contributed by atoms with Crippen LogP contribution in [0.2, 0.25) is 5.02 Å². The zero-order valence-corrected chi connectivity index (χ0v) is 25.2. The predicted octanol–water partition coefficient (Wildman–Crippen LogP) is 7.19. The second-order valence-corrected chi connectivity index (χ2v) is 11.0. The lowest BCUT2D eigenvalue weighted by Gasteiger charge is -2.29. The molecule has 0 spiro atoms. The van der Waals surface area contributed by atoms with Gasteiger partial charge in [0.2, 0.25) is 11.1 Å². The predicted molar refractivity (Wildman–Crippen MR) is 158 cm³/mol. The summed E-state index contributed by atoms with van der Waals surface area (Å²) < 4.78 is 20.0. The molecule has 3 aromatic rings. The van der Waals surface area contributed by atoms with Gasteiger partial charge < -0.3 is 19.5 Å². The normalized spacial score (nSPS) is 14.4. The van der Waals surface area contributed by atoms with Crippen LogP contribution in [0, 0.1) is 0 Å². The molecule has 0 aliphatic carbocycles. The van der Waals surface area contributed by atoms with Crippen LogP contribution in [0.5, 0.6) is 11.5 Å². The van der Waals surface area contributed by atoms with Crippen molar-refractivity contribution in [1.82, 2.24) is 14.8 Å². The van der Waals surface area contributed by atoms with E-state index in [9.17, 15) is 4.79 Å². The molecule has 1 N–H and O–H groups in total. The number of hydrogen-bond donors (Lipinski definition) is 1. The minimum absolute atomic E-state index is 0.0928. The Morgan fingerprint density at radius 1 is 1.26 bits per heavy atom. The van der Waals surface area contributed by atoms with Crippen molar-refractivity contribution in [3.63, 3.8) is 0 Å². The van der Waals surface area contributed by atoms with Crippen LogP contribution in [-0.2, 0) is 16.1 Å². The highest BCUT2D eigenvalue weighted by atomic mass is 79.9. The van der Waals surface area contributed by atoms with Crippen molar-refractivity contribution in [1.29, 1.82) is 0 Å². The maximum absolute atomic E-state index is 13.3. The summed E-state index contributed by atoms with van der Waals surface area (Å²) >= 11 is 11.3. The molecule has 8 nitrogen and oxygen atoms in total. The highest BCUT2D eigenvalue weighted by Crippen LogP contribution is 2.43. The molecule has 1 aliphatic heterocycles. The molecule has 0 saturated carbocycles. The third-order valence-electron chi connectivity index (χ3n) is 5.76. The Balaban J connectivity index is 1.77. The molecule has 0 bridgehead atoms. The van der Waals surface area contributed by atoms with Crippen molar-refractivity contribution in [2.24, 2.45) is 0 Å². The van der Waals surface area contributed by atoms with E-state index in [1.165, 1.54) is 6.08 Å². The molecule has 2 heterocycles. The third-order valence-corrected chi connectivity index (χ3v) is 7.65. The number of thioether (sulfide) groups is 1. The van der Waals surface area contributed by atoms with E-state index in [1.54, 1.807) is 16.4 Å². The molecule has 1 aliphatic rings. The van der Waals surface area contributed by atoms with Crippen LogP contribution in [0.1, 0.15) is 44.4 Å². The number of aromatic nitrogens is 3. The van der Waals surface area contributed by atoms with Gasteiger partial charge >= 0.3 is 5.97 Å². The van der Waals surface area contributed by atoms with Gasteiger partial charge in [0.25, 0.3) is 0 Å². The van der Waals surface area contributed by atoms with Gasteiger partial charge in [-0.05, 0) is 71.6 Å². The van der Waals surface area contributed by atoms with Gasteiger partial charge in [-0.15, -0.1) is 5.10 Å². The van der Waals surface area contributed by atoms with Gasteiger partial charge in [0.15, 0.2) is 11.5 Å². The molecule has 0 saturated heterocycles. The minimum Gasteiger partial charge on any atom is -0.490 e. The van der Waals surface area contributed by atoms with E-state index in [0.29, 0.717) is 56.6 Å². The summed E-state index contributed by atoms with van der Waals surface area (Å²) in [6.45, 7) is 10.3. The first-order chi connectivity index (χ1) is 18.9. The molecule has 1 aromatic heterocycles. The van der Waals surface area contributed by atoms with Crippen molar-refractivity contribution in [2.45, 2.75) is 45.0 Å². The van der Waals surface area contributed by atoms with E-state index in [-0.39, 0.29) is 6.61 Å². The molecule has 11 heteroatoms. The van der Waals surface area contributed by atoms with Crippen molar-refractivity contribution in [2.75, 3.05) is 24.3 Å². The lowest BCUT2D eigenvalue weighted by Crippen LogP contribution is -2.29. The first-order valence-electron chi connectivity index (χ1n) is 12.5. The number of esters is 1. The van der Waals surface area contributed by atoms with E-state index >= 15 is 0 Å². The summed E-state index contributed by atoms with van der Waals surface area (Å²) in [5.41, 5.74) is 2.78. The van der Waals surface area contributed by atoms with Crippen LogP contribution in [-0.4, -0.2) is 39.7 Å². The van der Waals surface area contributed by atoms with Crippen LogP contribution in [0.4, 0.5) is 5.95 Å². The topological polar surface area (TPSA) is 87.5 Å². The standard InChI is InChI=1S/C28H30BrClN4O4S/c1-5-12-37-26(35)23-17(4)31-27-32-28(39-13-6-2)33-34(27)24(23)19-14-21(29)25(22(15-19)36-7-3)38-16-18-8-10-20(30)11-9-18/h5,8-11,14-15,24H,1,6-7,12-13,16H2,2-4H3,(H,31,32,33). The quantitative estimate of drug-likeness (QED) is 0.127. The fraction of sp³-hybridized carbons (Fsp3) is 0.321. The molecule has 0 radical (unpaired) electrons.